The zero-order valence-corrected chi connectivity index (χ0v) is 12.0. The van der Waals surface area contributed by atoms with Crippen molar-refractivity contribution in [1.82, 2.24) is 10.6 Å². The number of hydrogen-bond donors (Lipinski definition) is 2. The highest BCUT2D eigenvalue weighted by Crippen LogP contribution is 2.26. The molecule has 1 fully saturated rings. The molecule has 1 aliphatic carbocycles. The fraction of sp³-hybridized carbons (Fsp3) is 0.929. The molecule has 106 valence electrons. The summed E-state index contributed by atoms with van der Waals surface area (Å²) in [5, 5.41) is 6.29. The topological polar surface area (TPSA) is 50.4 Å². The molecule has 2 atom stereocenters. The normalized spacial score (nSPS) is 20.4. The van der Waals surface area contributed by atoms with Gasteiger partial charge in [-0.25, -0.2) is 0 Å². The van der Waals surface area contributed by atoms with Gasteiger partial charge in [-0.05, 0) is 32.6 Å². The molecule has 18 heavy (non-hydrogen) atoms. The van der Waals surface area contributed by atoms with Crippen LogP contribution in [0.5, 0.6) is 0 Å². The van der Waals surface area contributed by atoms with Gasteiger partial charge < -0.3 is 15.4 Å². The van der Waals surface area contributed by atoms with Crippen molar-refractivity contribution in [2.24, 2.45) is 5.92 Å². The average Bonchev–Trinajstić information content (AvgIpc) is 2.39. The van der Waals surface area contributed by atoms with Crippen molar-refractivity contribution in [2.45, 2.75) is 58.0 Å². The molecule has 0 heterocycles. The van der Waals surface area contributed by atoms with E-state index in [0.29, 0.717) is 19.2 Å². The maximum atomic E-state index is 11.8. The highest BCUT2D eigenvalue weighted by Gasteiger charge is 2.23. The lowest BCUT2D eigenvalue weighted by atomic mass is 9.84. The van der Waals surface area contributed by atoms with Crippen LogP contribution in [0.3, 0.4) is 0 Å². The summed E-state index contributed by atoms with van der Waals surface area (Å²) >= 11 is 0. The number of rotatable bonds is 7. The lowest BCUT2D eigenvalue weighted by Crippen LogP contribution is -2.48. The first-order chi connectivity index (χ1) is 8.65. The maximum Gasteiger partial charge on any atom is 0.236 e. The fourth-order valence-corrected chi connectivity index (χ4v) is 2.67. The van der Waals surface area contributed by atoms with Crippen LogP contribution in [0.25, 0.3) is 0 Å². The van der Waals surface area contributed by atoms with Crippen LogP contribution in [0.4, 0.5) is 0 Å². The first-order valence-electron chi connectivity index (χ1n) is 7.18. The van der Waals surface area contributed by atoms with Crippen LogP contribution in [0.1, 0.15) is 46.0 Å². The van der Waals surface area contributed by atoms with Gasteiger partial charge in [0.1, 0.15) is 0 Å². The molecule has 1 rings (SSSR count). The quantitative estimate of drug-likeness (QED) is 0.682. The third-order valence-electron chi connectivity index (χ3n) is 3.87. The summed E-state index contributed by atoms with van der Waals surface area (Å²) in [6, 6.07) is 0.298. The number of amides is 1. The van der Waals surface area contributed by atoms with E-state index in [1.165, 1.54) is 32.1 Å². The molecule has 0 radical (unpaired) electrons. The van der Waals surface area contributed by atoms with Gasteiger partial charge in [0.05, 0.1) is 12.6 Å². The van der Waals surface area contributed by atoms with Gasteiger partial charge in [-0.1, -0.05) is 19.3 Å². The van der Waals surface area contributed by atoms with Gasteiger partial charge >= 0.3 is 0 Å². The number of hydrogen-bond acceptors (Lipinski definition) is 3. The average molecular weight is 256 g/mol. The minimum absolute atomic E-state index is 0.0645. The maximum absolute atomic E-state index is 11.8. The Morgan fingerprint density at radius 2 is 1.94 bits per heavy atom. The lowest BCUT2D eigenvalue weighted by molar-refractivity contribution is -0.123. The van der Waals surface area contributed by atoms with Crippen LogP contribution >= 0.6 is 0 Å². The van der Waals surface area contributed by atoms with Gasteiger partial charge in [0.2, 0.25) is 5.91 Å². The number of ether oxygens (including phenoxy) is 1. The lowest BCUT2D eigenvalue weighted by Gasteiger charge is -2.30. The molecule has 0 saturated heterocycles. The Labute approximate surface area is 111 Å². The Morgan fingerprint density at radius 3 is 2.56 bits per heavy atom. The number of nitrogens with one attached hydrogen (secondary N) is 2. The Morgan fingerprint density at radius 1 is 1.28 bits per heavy atom. The third-order valence-corrected chi connectivity index (χ3v) is 3.87. The van der Waals surface area contributed by atoms with Gasteiger partial charge in [0.25, 0.3) is 0 Å². The standard InChI is InChI=1S/C14H28N2O2/c1-11(13-7-5-4-6-8-13)16-12(2)14(17)15-9-10-18-3/h11-13,16H,4-10H2,1-3H3,(H,15,17). The second kappa shape index (κ2) is 8.48. The Bertz CT molecular complexity index is 240. The molecule has 0 aromatic heterocycles. The van der Waals surface area contributed by atoms with Crippen LogP contribution in [-0.4, -0.2) is 38.3 Å². The summed E-state index contributed by atoms with van der Waals surface area (Å²) in [6.07, 6.45) is 6.64. The molecule has 0 spiro atoms. The largest absolute Gasteiger partial charge is 0.383 e. The first-order valence-corrected chi connectivity index (χ1v) is 7.18. The van der Waals surface area contributed by atoms with E-state index in [2.05, 4.69) is 17.6 Å². The zero-order chi connectivity index (χ0) is 13.4. The van der Waals surface area contributed by atoms with Crippen molar-refractivity contribution in [3.63, 3.8) is 0 Å². The fourth-order valence-electron chi connectivity index (χ4n) is 2.67. The van der Waals surface area contributed by atoms with Crippen LogP contribution in [0, 0.1) is 5.92 Å². The second-order valence-electron chi connectivity index (χ2n) is 5.36. The monoisotopic (exact) mass is 256 g/mol. The molecule has 0 aromatic carbocycles. The third kappa shape index (κ3) is 5.36. The van der Waals surface area contributed by atoms with Crippen LogP contribution in [0.2, 0.25) is 0 Å². The molecule has 1 amide bonds. The molecule has 0 bridgehead atoms. The van der Waals surface area contributed by atoms with Gasteiger partial charge in [-0.2, -0.15) is 0 Å². The SMILES string of the molecule is COCCNC(=O)C(C)NC(C)C1CCCCC1. The van der Waals surface area contributed by atoms with Crippen LogP contribution < -0.4 is 10.6 Å². The van der Waals surface area contributed by atoms with E-state index >= 15 is 0 Å². The van der Waals surface area contributed by atoms with E-state index in [1.54, 1.807) is 7.11 Å². The van der Waals surface area contributed by atoms with Crippen molar-refractivity contribution >= 4 is 5.91 Å². The summed E-state index contributed by atoms with van der Waals surface area (Å²) in [5.41, 5.74) is 0. The van der Waals surface area contributed by atoms with E-state index in [4.69, 9.17) is 4.74 Å². The second-order valence-corrected chi connectivity index (χ2v) is 5.36. The number of methoxy groups -OCH3 is 1. The van der Waals surface area contributed by atoms with Gasteiger partial charge in [0.15, 0.2) is 0 Å². The number of carbonyl (C=O) groups excluding carboxylic acids is 1. The van der Waals surface area contributed by atoms with E-state index in [0.717, 1.165) is 5.92 Å². The van der Waals surface area contributed by atoms with Gasteiger partial charge in [0, 0.05) is 19.7 Å². The van der Waals surface area contributed by atoms with Crippen molar-refractivity contribution in [3.05, 3.63) is 0 Å². The van der Waals surface area contributed by atoms with Gasteiger partial charge in [-0.15, -0.1) is 0 Å². The smallest absolute Gasteiger partial charge is 0.236 e. The summed E-state index contributed by atoms with van der Waals surface area (Å²) in [7, 11) is 1.64. The van der Waals surface area contributed by atoms with E-state index in [1.807, 2.05) is 6.92 Å². The molecule has 0 aromatic rings. The molecule has 1 aliphatic rings. The minimum Gasteiger partial charge on any atom is -0.383 e. The van der Waals surface area contributed by atoms with E-state index < -0.39 is 0 Å². The molecule has 0 aliphatic heterocycles. The summed E-state index contributed by atoms with van der Waals surface area (Å²) in [5.74, 6) is 0.794. The van der Waals surface area contributed by atoms with E-state index in [-0.39, 0.29) is 11.9 Å². The van der Waals surface area contributed by atoms with Crippen molar-refractivity contribution in [2.75, 3.05) is 20.3 Å². The molecule has 1 saturated carbocycles. The molecular formula is C14H28N2O2. The zero-order valence-electron chi connectivity index (χ0n) is 12.0. The Hall–Kier alpha value is -0.610. The van der Waals surface area contributed by atoms with Crippen molar-refractivity contribution < 1.29 is 9.53 Å². The predicted octanol–water partition coefficient (Wildman–Crippen LogP) is 1.70. The van der Waals surface area contributed by atoms with Crippen molar-refractivity contribution in [3.8, 4) is 0 Å². The predicted molar refractivity (Wildman–Crippen MR) is 73.5 cm³/mol. The molecule has 2 N–H and O–H groups in total. The summed E-state index contributed by atoms with van der Waals surface area (Å²) < 4.78 is 4.91. The first kappa shape index (κ1) is 15.4. The summed E-state index contributed by atoms with van der Waals surface area (Å²) in [4.78, 5) is 11.8. The van der Waals surface area contributed by atoms with Crippen LogP contribution in [0.15, 0.2) is 0 Å². The molecular weight excluding hydrogens is 228 g/mol. The molecule has 2 unspecified atom stereocenters. The summed E-state index contributed by atoms with van der Waals surface area (Å²) in [6.45, 7) is 5.28. The van der Waals surface area contributed by atoms with Gasteiger partial charge in [-0.3, -0.25) is 4.79 Å². The minimum atomic E-state index is -0.126. The highest BCUT2D eigenvalue weighted by molar-refractivity contribution is 5.81. The van der Waals surface area contributed by atoms with E-state index in [9.17, 15) is 4.79 Å². The molecule has 4 heteroatoms. The Balaban J connectivity index is 2.24. The van der Waals surface area contributed by atoms with Crippen LogP contribution in [-0.2, 0) is 9.53 Å². The Kier molecular flexibility index (Phi) is 7.28. The highest BCUT2D eigenvalue weighted by atomic mass is 16.5. The number of carbonyl (C=O) groups is 1. The van der Waals surface area contributed by atoms with Crippen molar-refractivity contribution in [1.29, 1.82) is 0 Å². The molecule has 4 nitrogen and oxygen atoms in total.